The second kappa shape index (κ2) is 6.78. The molecule has 1 aromatic rings. The number of rotatable bonds is 4. The number of β-amino-alcohol motifs (C(OH)–C–C–N with tert-alkyl or cyclic N) is 1. The number of amides is 2. The molecular formula is C16H20N2O5. The maximum absolute atomic E-state index is 12.4. The standard InChI is InChI=1S/C16H20N2O5/c1-11(19)17-13-8-16(22,12-6-4-3-5-7-12)10-18(15(13)21)9-14(20)23-2/h3-7,13,22H,8-10H2,1-2H3,(H,17,19)/t13-,16-/m0/s1. The number of likely N-dealkylation sites (tertiary alicyclic amines) is 1. The molecule has 0 saturated carbocycles. The van der Waals surface area contributed by atoms with Crippen molar-refractivity contribution in [3.63, 3.8) is 0 Å². The van der Waals surface area contributed by atoms with Gasteiger partial charge in [0.2, 0.25) is 11.8 Å². The number of benzene rings is 1. The highest BCUT2D eigenvalue weighted by Crippen LogP contribution is 2.32. The lowest BCUT2D eigenvalue weighted by molar-refractivity contribution is -0.157. The molecule has 2 atom stereocenters. The van der Waals surface area contributed by atoms with Gasteiger partial charge in [0.1, 0.15) is 18.2 Å². The van der Waals surface area contributed by atoms with Gasteiger partial charge in [0.25, 0.3) is 0 Å². The molecule has 2 amide bonds. The van der Waals surface area contributed by atoms with Gasteiger partial charge in [0.15, 0.2) is 0 Å². The van der Waals surface area contributed by atoms with Crippen molar-refractivity contribution >= 4 is 17.8 Å². The Balaban J connectivity index is 2.31. The molecule has 0 bridgehead atoms. The van der Waals surface area contributed by atoms with Crippen LogP contribution in [0.1, 0.15) is 18.9 Å². The summed E-state index contributed by atoms with van der Waals surface area (Å²) in [5.74, 6) is -1.37. The molecule has 23 heavy (non-hydrogen) atoms. The van der Waals surface area contributed by atoms with Gasteiger partial charge in [-0.15, -0.1) is 0 Å². The summed E-state index contributed by atoms with van der Waals surface area (Å²) in [6.07, 6.45) is 0.0487. The second-order valence-electron chi connectivity index (χ2n) is 5.63. The SMILES string of the molecule is COC(=O)CN1C[C@](O)(c2ccccc2)C[C@H](NC(C)=O)C1=O. The number of aliphatic hydroxyl groups is 1. The number of esters is 1. The monoisotopic (exact) mass is 320 g/mol. The van der Waals surface area contributed by atoms with Gasteiger partial charge in [-0.1, -0.05) is 30.3 Å². The summed E-state index contributed by atoms with van der Waals surface area (Å²) in [6.45, 7) is 0.982. The lowest BCUT2D eigenvalue weighted by Crippen LogP contribution is -2.61. The highest BCUT2D eigenvalue weighted by molar-refractivity contribution is 5.90. The van der Waals surface area contributed by atoms with E-state index in [2.05, 4.69) is 10.1 Å². The predicted octanol–water partition coefficient (Wildman–Crippen LogP) is -0.216. The van der Waals surface area contributed by atoms with Crippen molar-refractivity contribution in [2.45, 2.75) is 25.0 Å². The van der Waals surface area contributed by atoms with Crippen molar-refractivity contribution in [2.24, 2.45) is 0 Å². The number of nitrogens with zero attached hydrogens (tertiary/aromatic N) is 1. The Kier molecular flexibility index (Phi) is 5.00. The second-order valence-corrected chi connectivity index (χ2v) is 5.63. The van der Waals surface area contributed by atoms with Gasteiger partial charge in [-0.2, -0.15) is 0 Å². The Labute approximate surface area is 134 Å². The molecule has 0 radical (unpaired) electrons. The lowest BCUT2D eigenvalue weighted by Gasteiger charge is -2.42. The van der Waals surface area contributed by atoms with Crippen LogP contribution in [0, 0.1) is 0 Å². The van der Waals surface area contributed by atoms with Crippen LogP contribution in [0.3, 0.4) is 0 Å². The molecule has 2 rings (SSSR count). The van der Waals surface area contributed by atoms with E-state index in [1.807, 2.05) is 6.07 Å². The van der Waals surface area contributed by atoms with Crippen molar-refractivity contribution in [3.05, 3.63) is 35.9 Å². The van der Waals surface area contributed by atoms with Crippen molar-refractivity contribution in [2.75, 3.05) is 20.2 Å². The van der Waals surface area contributed by atoms with Crippen molar-refractivity contribution in [1.29, 1.82) is 0 Å². The molecule has 1 aliphatic heterocycles. The zero-order valence-corrected chi connectivity index (χ0v) is 13.1. The molecule has 0 spiro atoms. The normalized spacial score (nSPS) is 24.2. The van der Waals surface area contributed by atoms with E-state index < -0.39 is 23.5 Å². The van der Waals surface area contributed by atoms with Crippen molar-refractivity contribution in [3.8, 4) is 0 Å². The first-order chi connectivity index (χ1) is 10.9. The molecule has 2 N–H and O–H groups in total. The van der Waals surface area contributed by atoms with Gasteiger partial charge >= 0.3 is 5.97 Å². The van der Waals surface area contributed by atoms with E-state index >= 15 is 0 Å². The van der Waals surface area contributed by atoms with E-state index in [-0.39, 0.29) is 25.4 Å². The van der Waals surface area contributed by atoms with Gasteiger partial charge < -0.3 is 20.1 Å². The molecule has 7 heteroatoms. The van der Waals surface area contributed by atoms with E-state index in [1.54, 1.807) is 24.3 Å². The van der Waals surface area contributed by atoms with Gasteiger partial charge in [-0.3, -0.25) is 14.4 Å². The molecule has 7 nitrogen and oxygen atoms in total. The van der Waals surface area contributed by atoms with Crippen molar-refractivity contribution in [1.82, 2.24) is 10.2 Å². The third-order valence-electron chi connectivity index (χ3n) is 3.84. The van der Waals surface area contributed by atoms with Crippen molar-refractivity contribution < 1.29 is 24.2 Å². The summed E-state index contributed by atoms with van der Waals surface area (Å²) in [5.41, 5.74) is -0.728. The highest BCUT2D eigenvalue weighted by atomic mass is 16.5. The van der Waals surface area contributed by atoms with Crippen LogP contribution in [0.15, 0.2) is 30.3 Å². The van der Waals surface area contributed by atoms with E-state index in [4.69, 9.17) is 0 Å². The predicted molar refractivity (Wildman–Crippen MR) is 81.2 cm³/mol. The molecule has 1 aliphatic rings. The van der Waals surface area contributed by atoms with Gasteiger partial charge in [0.05, 0.1) is 13.7 Å². The first-order valence-electron chi connectivity index (χ1n) is 7.26. The number of carbonyl (C=O) groups is 3. The molecule has 1 aromatic carbocycles. The van der Waals surface area contributed by atoms with E-state index in [1.165, 1.54) is 18.9 Å². The number of nitrogens with one attached hydrogen (secondary N) is 1. The van der Waals surface area contributed by atoms with Crippen LogP contribution in [0.25, 0.3) is 0 Å². The van der Waals surface area contributed by atoms with E-state index in [9.17, 15) is 19.5 Å². The first kappa shape index (κ1) is 17.0. The van der Waals surface area contributed by atoms with E-state index in [0.29, 0.717) is 5.56 Å². The molecule has 1 heterocycles. The minimum Gasteiger partial charge on any atom is -0.468 e. The molecule has 1 saturated heterocycles. The summed E-state index contributed by atoms with van der Waals surface area (Å²) in [6, 6.07) is 7.98. The lowest BCUT2D eigenvalue weighted by atomic mass is 9.83. The minimum absolute atomic E-state index is 0.0406. The fraction of sp³-hybridized carbons (Fsp3) is 0.438. The zero-order chi connectivity index (χ0) is 17.0. The van der Waals surface area contributed by atoms with Crippen LogP contribution in [0.5, 0.6) is 0 Å². The Hall–Kier alpha value is -2.41. The van der Waals surface area contributed by atoms with Crippen LogP contribution in [0.4, 0.5) is 0 Å². The Morgan fingerprint density at radius 3 is 2.61 bits per heavy atom. The fourth-order valence-corrected chi connectivity index (χ4v) is 2.77. The number of hydrogen-bond donors (Lipinski definition) is 2. The molecule has 124 valence electrons. The topological polar surface area (TPSA) is 95.9 Å². The first-order valence-corrected chi connectivity index (χ1v) is 7.26. The number of hydrogen-bond acceptors (Lipinski definition) is 5. The highest BCUT2D eigenvalue weighted by Gasteiger charge is 2.45. The third kappa shape index (κ3) is 3.87. The maximum atomic E-state index is 12.4. The van der Waals surface area contributed by atoms with Crippen LogP contribution < -0.4 is 5.32 Å². The minimum atomic E-state index is -1.35. The maximum Gasteiger partial charge on any atom is 0.325 e. The van der Waals surface area contributed by atoms with Crippen LogP contribution in [-0.4, -0.2) is 54.0 Å². The molecule has 0 aromatic heterocycles. The zero-order valence-electron chi connectivity index (χ0n) is 13.1. The van der Waals surface area contributed by atoms with Crippen LogP contribution in [-0.2, 0) is 24.7 Å². The summed E-state index contributed by atoms with van der Waals surface area (Å²) in [5, 5.41) is 13.5. The van der Waals surface area contributed by atoms with Crippen LogP contribution >= 0.6 is 0 Å². The summed E-state index contributed by atoms with van der Waals surface area (Å²) in [7, 11) is 1.23. The number of methoxy groups -OCH3 is 1. The summed E-state index contributed by atoms with van der Waals surface area (Å²) >= 11 is 0. The number of piperidine rings is 1. The largest absolute Gasteiger partial charge is 0.468 e. The molecular weight excluding hydrogens is 300 g/mol. The fourth-order valence-electron chi connectivity index (χ4n) is 2.77. The Bertz CT molecular complexity index is 604. The Morgan fingerprint density at radius 1 is 1.39 bits per heavy atom. The Morgan fingerprint density at radius 2 is 2.04 bits per heavy atom. The molecule has 1 fully saturated rings. The van der Waals surface area contributed by atoms with Gasteiger partial charge in [0, 0.05) is 13.3 Å². The van der Waals surface area contributed by atoms with Gasteiger partial charge in [-0.05, 0) is 5.56 Å². The number of carbonyl (C=O) groups excluding carboxylic acids is 3. The average molecular weight is 320 g/mol. The smallest absolute Gasteiger partial charge is 0.325 e. The summed E-state index contributed by atoms with van der Waals surface area (Å²) < 4.78 is 4.59. The summed E-state index contributed by atoms with van der Waals surface area (Å²) in [4.78, 5) is 36.5. The van der Waals surface area contributed by atoms with Crippen LogP contribution in [0.2, 0.25) is 0 Å². The van der Waals surface area contributed by atoms with E-state index in [0.717, 1.165) is 0 Å². The number of ether oxygens (including phenoxy) is 1. The molecule has 0 aliphatic carbocycles. The average Bonchev–Trinajstić information content (AvgIpc) is 2.52. The van der Waals surface area contributed by atoms with Gasteiger partial charge in [-0.25, -0.2) is 0 Å². The third-order valence-corrected chi connectivity index (χ3v) is 3.84. The molecule has 0 unspecified atom stereocenters. The quantitative estimate of drug-likeness (QED) is 0.748.